The standard InChI is InChI=1S/C7H15NS/c8-7-3-1-2-6(4-7)5-9/h6-7,9H,1-5,8H2. The number of nitrogens with two attached hydrogens (primary N) is 1. The van der Waals surface area contributed by atoms with E-state index in [-0.39, 0.29) is 0 Å². The zero-order chi connectivity index (χ0) is 6.69. The Hall–Kier alpha value is 0.310. The van der Waals surface area contributed by atoms with Crippen molar-refractivity contribution >= 4 is 12.6 Å². The van der Waals surface area contributed by atoms with Crippen molar-refractivity contribution in [2.45, 2.75) is 31.7 Å². The van der Waals surface area contributed by atoms with E-state index in [0.717, 1.165) is 11.7 Å². The molecule has 0 radical (unpaired) electrons. The minimum Gasteiger partial charge on any atom is -0.328 e. The monoisotopic (exact) mass is 145 g/mol. The van der Waals surface area contributed by atoms with Crippen molar-refractivity contribution in [2.75, 3.05) is 5.75 Å². The lowest BCUT2D eigenvalue weighted by Gasteiger charge is -2.24. The second kappa shape index (κ2) is 3.47. The van der Waals surface area contributed by atoms with Crippen LogP contribution in [0.3, 0.4) is 0 Å². The molecule has 54 valence electrons. The lowest BCUT2D eigenvalue weighted by Crippen LogP contribution is -2.28. The average Bonchev–Trinajstić information content (AvgIpc) is 1.88. The first kappa shape index (κ1) is 7.42. The molecule has 1 aliphatic rings. The molecule has 0 aromatic rings. The van der Waals surface area contributed by atoms with Gasteiger partial charge in [-0.3, -0.25) is 0 Å². The molecular weight excluding hydrogens is 130 g/mol. The van der Waals surface area contributed by atoms with Crippen LogP contribution in [0.4, 0.5) is 0 Å². The van der Waals surface area contributed by atoms with Gasteiger partial charge < -0.3 is 5.73 Å². The van der Waals surface area contributed by atoms with Gasteiger partial charge in [0.2, 0.25) is 0 Å². The molecule has 1 fully saturated rings. The molecule has 1 saturated carbocycles. The molecule has 0 saturated heterocycles. The Morgan fingerprint density at radius 1 is 1.44 bits per heavy atom. The van der Waals surface area contributed by atoms with Crippen LogP contribution in [0.2, 0.25) is 0 Å². The van der Waals surface area contributed by atoms with Gasteiger partial charge in [-0.25, -0.2) is 0 Å². The molecule has 0 amide bonds. The van der Waals surface area contributed by atoms with E-state index in [1.54, 1.807) is 0 Å². The zero-order valence-electron chi connectivity index (χ0n) is 5.71. The third-order valence-electron chi connectivity index (χ3n) is 2.08. The van der Waals surface area contributed by atoms with Gasteiger partial charge in [0.25, 0.3) is 0 Å². The van der Waals surface area contributed by atoms with Crippen molar-refractivity contribution in [1.29, 1.82) is 0 Å². The van der Waals surface area contributed by atoms with Crippen molar-refractivity contribution < 1.29 is 0 Å². The van der Waals surface area contributed by atoms with E-state index in [9.17, 15) is 0 Å². The summed E-state index contributed by atoms with van der Waals surface area (Å²) in [6, 6.07) is 0.468. The molecule has 0 aliphatic heterocycles. The Kier molecular flexibility index (Phi) is 2.86. The first-order chi connectivity index (χ1) is 4.33. The van der Waals surface area contributed by atoms with Gasteiger partial charge in [0.05, 0.1) is 0 Å². The predicted octanol–water partition coefficient (Wildman–Crippen LogP) is 1.43. The summed E-state index contributed by atoms with van der Waals surface area (Å²) in [7, 11) is 0. The summed E-state index contributed by atoms with van der Waals surface area (Å²) in [5.74, 6) is 1.82. The maximum Gasteiger partial charge on any atom is 0.00417 e. The zero-order valence-corrected chi connectivity index (χ0v) is 6.61. The van der Waals surface area contributed by atoms with Crippen molar-refractivity contribution in [3.8, 4) is 0 Å². The predicted molar refractivity (Wildman–Crippen MR) is 43.8 cm³/mol. The van der Waals surface area contributed by atoms with Crippen LogP contribution in [0.1, 0.15) is 25.7 Å². The third kappa shape index (κ3) is 2.18. The molecule has 0 heterocycles. The van der Waals surface area contributed by atoms with E-state index in [4.69, 9.17) is 5.73 Å². The van der Waals surface area contributed by atoms with Crippen LogP contribution in [0, 0.1) is 5.92 Å². The highest BCUT2D eigenvalue weighted by atomic mass is 32.1. The summed E-state index contributed by atoms with van der Waals surface area (Å²) in [5, 5.41) is 0. The van der Waals surface area contributed by atoms with Crippen LogP contribution < -0.4 is 5.73 Å². The van der Waals surface area contributed by atoms with E-state index in [0.29, 0.717) is 6.04 Å². The minimum absolute atomic E-state index is 0.468. The Morgan fingerprint density at radius 2 is 2.22 bits per heavy atom. The number of rotatable bonds is 1. The summed E-state index contributed by atoms with van der Waals surface area (Å²) in [6.07, 6.45) is 5.08. The molecule has 0 aromatic heterocycles. The van der Waals surface area contributed by atoms with Crippen molar-refractivity contribution in [3.05, 3.63) is 0 Å². The second-order valence-corrected chi connectivity index (χ2v) is 3.34. The summed E-state index contributed by atoms with van der Waals surface area (Å²) in [5.41, 5.74) is 5.77. The van der Waals surface area contributed by atoms with Gasteiger partial charge in [-0.1, -0.05) is 6.42 Å². The number of hydrogen-bond acceptors (Lipinski definition) is 2. The maximum atomic E-state index is 5.77. The highest BCUT2D eigenvalue weighted by Crippen LogP contribution is 2.23. The normalized spacial score (nSPS) is 36.7. The average molecular weight is 145 g/mol. The molecule has 0 aromatic carbocycles. The molecule has 2 heteroatoms. The SMILES string of the molecule is NC1CCCC(CS)C1. The van der Waals surface area contributed by atoms with Crippen LogP contribution in [-0.2, 0) is 0 Å². The first-order valence-corrected chi connectivity index (χ1v) is 4.32. The fraction of sp³-hybridized carbons (Fsp3) is 1.00. The Labute approximate surface area is 62.4 Å². The summed E-state index contributed by atoms with van der Waals surface area (Å²) >= 11 is 4.25. The molecule has 2 atom stereocenters. The Balaban J connectivity index is 2.23. The van der Waals surface area contributed by atoms with Crippen LogP contribution in [0.5, 0.6) is 0 Å². The van der Waals surface area contributed by atoms with Gasteiger partial charge in [-0.2, -0.15) is 12.6 Å². The Morgan fingerprint density at radius 3 is 2.67 bits per heavy atom. The van der Waals surface area contributed by atoms with Gasteiger partial charge in [-0.15, -0.1) is 0 Å². The molecular formula is C7H15NS. The molecule has 0 spiro atoms. The molecule has 1 aliphatic carbocycles. The number of hydrogen-bond donors (Lipinski definition) is 2. The highest BCUT2D eigenvalue weighted by molar-refractivity contribution is 7.80. The summed E-state index contributed by atoms with van der Waals surface area (Å²) in [6.45, 7) is 0. The highest BCUT2D eigenvalue weighted by Gasteiger charge is 2.16. The minimum atomic E-state index is 0.468. The summed E-state index contributed by atoms with van der Waals surface area (Å²) < 4.78 is 0. The van der Waals surface area contributed by atoms with E-state index < -0.39 is 0 Å². The quantitative estimate of drug-likeness (QED) is 0.536. The van der Waals surface area contributed by atoms with Crippen LogP contribution >= 0.6 is 12.6 Å². The molecule has 9 heavy (non-hydrogen) atoms. The molecule has 0 bridgehead atoms. The lowest BCUT2D eigenvalue weighted by atomic mass is 9.87. The van der Waals surface area contributed by atoms with Gasteiger partial charge in [0, 0.05) is 6.04 Å². The molecule has 2 N–H and O–H groups in total. The molecule has 2 unspecified atom stereocenters. The molecule has 1 nitrogen and oxygen atoms in total. The van der Waals surface area contributed by atoms with E-state index in [1.807, 2.05) is 0 Å². The lowest BCUT2D eigenvalue weighted by molar-refractivity contribution is 0.349. The van der Waals surface area contributed by atoms with Crippen molar-refractivity contribution in [2.24, 2.45) is 11.7 Å². The van der Waals surface area contributed by atoms with Crippen LogP contribution in [-0.4, -0.2) is 11.8 Å². The van der Waals surface area contributed by atoms with Gasteiger partial charge in [0.15, 0.2) is 0 Å². The van der Waals surface area contributed by atoms with Gasteiger partial charge in [-0.05, 0) is 30.9 Å². The first-order valence-electron chi connectivity index (χ1n) is 3.69. The van der Waals surface area contributed by atoms with E-state index >= 15 is 0 Å². The molecule has 1 rings (SSSR count). The van der Waals surface area contributed by atoms with Crippen molar-refractivity contribution in [3.63, 3.8) is 0 Å². The fourth-order valence-electron chi connectivity index (χ4n) is 1.50. The van der Waals surface area contributed by atoms with E-state index in [2.05, 4.69) is 12.6 Å². The second-order valence-electron chi connectivity index (χ2n) is 2.98. The van der Waals surface area contributed by atoms with Crippen LogP contribution in [0.15, 0.2) is 0 Å². The largest absolute Gasteiger partial charge is 0.328 e. The summed E-state index contributed by atoms with van der Waals surface area (Å²) in [4.78, 5) is 0. The van der Waals surface area contributed by atoms with Gasteiger partial charge in [0.1, 0.15) is 0 Å². The van der Waals surface area contributed by atoms with Gasteiger partial charge >= 0.3 is 0 Å². The maximum absolute atomic E-state index is 5.77. The smallest absolute Gasteiger partial charge is 0.00417 e. The Bertz CT molecular complexity index is 85.0. The van der Waals surface area contributed by atoms with Crippen molar-refractivity contribution in [1.82, 2.24) is 0 Å². The fourth-order valence-corrected chi connectivity index (χ4v) is 1.83. The third-order valence-corrected chi connectivity index (χ3v) is 2.60. The topological polar surface area (TPSA) is 26.0 Å². The van der Waals surface area contributed by atoms with E-state index in [1.165, 1.54) is 25.7 Å². The van der Waals surface area contributed by atoms with Crippen LogP contribution in [0.25, 0.3) is 0 Å². The number of thiol groups is 1.